The van der Waals surface area contributed by atoms with E-state index in [1.165, 1.54) is 0 Å². The van der Waals surface area contributed by atoms with Crippen molar-refractivity contribution in [2.24, 2.45) is 4.40 Å². The molecule has 0 unspecified atom stereocenters. The minimum absolute atomic E-state index is 0.340. The van der Waals surface area contributed by atoms with Gasteiger partial charge in [0.15, 0.2) is 0 Å². The van der Waals surface area contributed by atoms with Crippen molar-refractivity contribution in [2.75, 3.05) is 0 Å². The molecular weight excluding hydrogens is 288 g/mol. The molecule has 0 aromatic carbocycles. The fourth-order valence-corrected chi connectivity index (χ4v) is 1.88. The molecule has 0 amide bonds. The maximum atomic E-state index is 11.8. The quantitative estimate of drug-likeness (QED) is 0.479. The lowest BCUT2D eigenvalue weighted by atomic mass is 10.3. The molecule has 0 saturated heterocycles. The van der Waals surface area contributed by atoms with Crippen LogP contribution in [0.5, 0.6) is 0 Å². The van der Waals surface area contributed by atoms with Gasteiger partial charge in [0, 0.05) is 0 Å². The van der Waals surface area contributed by atoms with Crippen LogP contribution in [0.1, 0.15) is 33.4 Å². The molecule has 1 rings (SSSR count). The smallest absolute Gasteiger partial charge is 0.144 e. The van der Waals surface area contributed by atoms with Crippen LogP contribution in [-0.2, 0) is 11.4 Å². The first-order valence-electron chi connectivity index (χ1n) is 4.91. The normalized spacial score (nSPS) is 15.0. The van der Waals surface area contributed by atoms with Crippen molar-refractivity contribution < 1.29 is 4.55 Å². The van der Waals surface area contributed by atoms with E-state index >= 15 is 0 Å². The maximum absolute atomic E-state index is 11.8. The Morgan fingerprint density at radius 2 is 2.06 bits per heavy atom. The van der Waals surface area contributed by atoms with E-state index in [0.29, 0.717) is 5.71 Å². The largest absolute Gasteiger partial charge is 0.591 e. The van der Waals surface area contributed by atoms with Crippen LogP contribution in [0.15, 0.2) is 27.2 Å². The molecule has 0 radical (unpaired) electrons. The highest BCUT2D eigenvalue weighted by Gasteiger charge is 2.26. The summed E-state index contributed by atoms with van der Waals surface area (Å²) >= 11 is 2.05. The van der Waals surface area contributed by atoms with Crippen LogP contribution in [0.2, 0.25) is 0 Å². The lowest BCUT2D eigenvalue weighted by Gasteiger charge is -2.18. The lowest BCUT2D eigenvalue weighted by Crippen LogP contribution is -2.26. The molecule has 1 aromatic heterocycles. The van der Waals surface area contributed by atoms with E-state index in [4.69, 9.17) is 0 Å². The number of rotatable bonds is 2. The molecule has 1 atom stereocenters. The zero-order valence-corrected chi connectivity index (χ0v) is 12.2. The van der Waals surface area contributed by atoms with Gasteiger partial charge in [-0.05, 0) is 55.8 Å². The van der Waals surface area contributed by atoms with Gasteiger partial charge in [0.2, 0.25) is 0 Å². The summed E-state index contributed by atoms with van der Waals surface area (Å²) in [4.78, 5) is 4.26. The summed E-state index contributed by atoms with van der Waals surface area (Å²) in [5, 5.41) is 0. The van der Waals surface area contributed by atoms with Gasteiger partial charge < -0.3 is 4.55 Å². The van der Waals surface area contributed by atoms with Crippen molar-refractivity contribution in [1.29, 1.82) is 0 Å². The van der Waals surface area contributed by atoms with E-state index in [1.54, 1.807) is 0 Å². The molecule has 88 valence electrons. The predicted molar refractivity (Wildman–Crippen MR) is 72.0 cm³/mol. The number of halogens is 1. The third kappa shape index (κ3) is 3.88. The number of hydrogen-bond acceptors (Lipinski definition) is 3. The van der Waals surface area contributed by atoms with Gasteiger partial charge in [-0.1, -0.05) is 10.5 Å². The van der Waals surface area contributed by atoms with Crippen molar-refractivity contribution >= 4 is 33.0 Å². The first kappa shape index (κ1) is 13.7. The Morgan fingerprint density at radius 3 is 2.56 bits per heavy atom. The first-order valence-corrected chi connectivity index (χ1v) is 6.81. The van der Waals surface area contributed by atoms with Gasteiger partial charge in [0.05, 0.1) is 5.69 Å². The van der Waals surface area contributed by atoms with Crippen molar-refractivity contribution in [3.63, 3.8) is 0 Å². The van der Waals surface area contributed by atoms with E-state index in [0.717, 1.165) is 10.3 Å². The second-order valence-electron chi connectivity index (χ2n) is 4.38. The minimum atomic E-state index is -1.24. The second kappa shape index (κ2) is 5.29. The van der Waals surface area contributed by atoms with E-state index < -0.39 is 11.4 Å². The summed E-state index contributed by atoms with van der Waals surface area (Å²) in [6.45, 7) is 7.51. The Hall–Kier alpha value is -0.390. The Balaban J connectivity index is 2.94. The van der Waals surface area contributed by atoms with E-state index in [-0.39, 0.29) is 4.75 Å². The van der Waals surface area contributed by atoms with E-state index in [9.17, 15) is 4.55 Å². The number of aromatic nitrogens is 1. The van der Waals surface area contributed by atoms with Crippen molar-refractivity contribution in [2.45, 2.75) is 32.4 Å². The highest BCUT2D eigenvalue weighted by molar-refractivity contribution is 9.10. The second-order valence-corrected chi connectivity index (χ2v) is 7.10. The third-order valence-electron chi connectivity index (χ3n) is 1.83. The Labute approximate surface area is 108 Å². The van der Waals surface area contributed by atoms with Crippen molar-refractivity contribution in [1.82, 2.24) is 4.98 Å². The van der Waals surface area contributed by atoms with Crippen LogP contribution in [0, 0.1) is 0 Å². The lowest BCUT2D eigenvalue weighted by molar-refractivity contribution is 0.561. The third-order valence-corrected chi connectivity index (χ3v) is 3.76. The minimum Gasteiger partial charge on any atom is -0.591 e. The topological polar surface area (TPSA) is 48.3 Å². The van der Waals surface area contributed by atoms with E-state index in [1.807, 2.05) is 45.9 Å². The van der Waals surface area contributed by atoms with Crippen LogP contribution in [0.4, 0.5) is 0 Å². The van der Waals surface area contributed by atoms with Crippen LogP contribution < -0.4 is 0 Å². The molecule has 0 aliphatic heterocycles. The summed E-state index contributed by atoms with van der Waals surface area (Å²) < 4.78 is 16.4. The van der Waals surface area contributed by atoms with Crippen LogP contribution in [0.3, 0.4) is 0 Å². The molecule has 0 bridgehead atoms. The highest BCUT2D eigenvalue weighted by atomic mass is 79.9. The number of nitrogens with zero attached hydrogens (tertiary/aromatic N) is 2. The zero-order valence-electron chi connectivity index (χ0n) is 9.82. The van der Waals surface area contributed by atoms with Gasteiger partial charge in [-0.15, -0.1) is 0 Å². The average molecular weight is 303 g/mol. The monoisotopic (exact) mass is 302 g/mol. The van der Waals surface area contributed by atoms with Crippen LogP contribution in [0.25, 0.3) is 0 Å². The fourth-order valence-electron chi connectivity index (χ4n) is 0.918. The summed E-state index contributed by atoms with van der Waals surface area (Å²) in [5.74, 6) is 0. The molecule has 0 fully saturated rings. The Morgan fingerprint density at radius 1 is 1.44 bits per heavy atom. The van der Waals surface area contributed by atoms with Crippen LogP contribution >= 0.6 is 15.9 Å². The highest BCUT2D eigenvalue weighted by Crippen LogP contribution is 2.18. The molecule has 0 spiro atoms. The molecule has 0 N–H and O–H groups in total. The molecule has 1 heterocycles. The zero-order chi connectivity index (χ0) is 12.3. The molecule has 1 aromatic rings. The van der Waals surface area contributed by atoms with Crippen molar-refractivity contribution in [3.8, 4) is 0 Å². The van der Waals surface area contributed by atoms with Gasteiger partial charge in [0.25, 0.3) is 0 Å². The molecule has 0 aliphatic rings. The molecule has 3 nitrogen and oxygen atoms in total. The van der Waals surface area contributed by atoms with Gasteiger partial charge in [-0.3, -0.25) is 0 Å². The van der Waals surface area contributed by atoms with Crippen molar-refractivity contribution in [3.05, 3.63) is 28.5 Å². The van der Waals surface area contributed by atoms with E-state index in [2.05, 4.69) is 25.3 Å². The Bertz CT molecular complexity index is 401. The summed E-state index contributed by atoms with van der Waals surface area (Å²) in [5.41, 5.74) is 1.43. The fraction of sp³-hybridized carbons (Fsp3) is 0.455. The van der Waals surface area contributed by atoms with Crippen LogP contribution in [-0.4, -0.2) is 20.0 Å². The van der Waals surface area contributed by atoms with Gasteiger partial charge in [-0.25, -0.2) is 4.98 Å². The average Bonchev–Trinajstić information content (AvgIpc) is 2.16. The summed E-state index contributed by atoms with van der Waals surface area (Å²) in [7, 11) is 0. The number of pyridine rings is 1. The molecule has 16 heavy (non-hydrogen) atoms. The molecule has 5 heteroatoms. The Kier molecular flexibility index (Phi) is 4.52. The summed E-state index contributed by atoms with van der Waals surface area (Å²) in [6, 6.07) is 5.58. The maximum Gasteiger partial charge on any atom is 0.144 e. The molecular formula is C11H15BrN2OS. The van der Waals surface area contributed by atoms with Gasteiger partial charge in [0.1, 0.15) is 26.4 Å². The summed E-state index contributed by atoms with van der Waals surface area (Å²) in [6.07, 6.45) is 0. The van der Waals surface area contributed by atoms with Gasteiger partial charge >= 0.3 is 0 Å². The SMILES string of the molecule is CC(=N[S@+]([O-])C(C)(C)C)c1cccc(Br)n1. The standard InChI is InChI=1S/C11H15BrN2OS/c1-8(14-16(15)11(2,3)4)9-6-5-7-10(12)13-9/h5-7H,1-4H3/t16-/m1/s1. The molecule has 0 saturated carbocycles. The predicted octanol–water partition coefficient (Wildman–Crippen LogP) is 3.12. The van der Waals surface area contributed by atoms with Gasteiger partial charge in [-0.2, -0.15) is 0 Å². The number of hydrogen-bond donors (Lipinski definition) is 0. The first-order chi connectivity index (χ1) is 7.30. The molecule has 0 aliphatic carbocycles.